The summed E-state index contributed by atoms with van der Waals surface area (Å²) in [6.07, 6.45) is 1.96. The van der Waals surface area contributed by atoms with E-state index in [4.69, 9.17) is 9.47 Å². The van der Waals surface area contributed by atoms with E-state index in [1.807, 2.05) is 60.4 Å². The van der Waals surface area contributed by atoms with E-state index >= 15 is 0 Å². The van der Waals surface area contributed by atoms with Gasteiger partial charge in [0.1, 0.15) is 11.5 Å². The molecule has 1 saturated heterocycles. The zero-order valence-electron chi connectivity index (χ0n) is 15.5. The van der Waals surface area contributed by atoms with Gasteiger partial charge in [-0.25, -0.2) is 0 Å². The van der Waals surface area contributed by atoms with E-state index in [1.165, 1.54) is 0 Å². The van der Waals surface area contributed by atoms with Crippen molar-refractivity contribution < 1.29 is 14.3 Å². The largest absolute Gasteiger partial charge is 0.497 e. The van der Waals surface area contributed by atoms with Crippen molar-refractivity contribution in [1.82, 2.24) is 4.90 Å². The Morgan fingerprint density at radius 2 is 1.92 bits per heavy atom. The zero-order valence-corrected chi connectivity index (χ0v) is 16.3. The van der Waals surface area contributed by atoms with E-state index in [9.17, 15) is 4.79 Å². The fourth-order valence-corrected chi connectivity index (χ4v) is 4.39. The molecule has 1 aliphatic heterocycles. The summed E-state index contributed by atoms with van der Waals surface area (Å²) in [5.41, 5.74) is 1.05. The van der Waals surface area contributed by atoms with E-state index in [-0.39, 0.29) is 17.2 Å². The molecule has 2 aromatic rings. The van der Waals surface area contributed by atoms with Gasteiger partial charge in [-0.15, -0.1) is 11.8 Å². The van der Waals surface area contributed by atoms with E-state index in [0.29, 0.717) is 0 Å². The number of likely N-dealkylation sites (tertiary alicyclic amines) is 1. The molecule has 4 nitrogen and oxygen atoms in total. The highest BCUT2D eigenvalue weighted by Gasteiger charge is 2.34. The number of nitrogens with zero attached hydrogens (tertiary/aromatic N) is 1. The van der Waals surface area contributed by atoms with Crippen molar-refractivity contribution in [2.24, 2.45) is 0 Å². The highest BCUT2D eigenvalue weighted by atomic mass is 32.2. The number of benzene rings is 2. The Kier molecular flexibility index (Phi) is 6.09. The molecule has 0 N–H and O–H groups in total. The van der Waals surface area contributed by atoms with E-state index in [1.54, 1.807) is 26.0 Å². The standard InChI is InChI=1S/C21H25NO3S/c1-15(26-17-8-5-4-6-9-17)21(23)22-13-7-10-19(22)18-12-11-16(24-2)14-20(18)25-3/h4-6,8-9,11-12,14-15,19H,7,10,13H2,1-3H3/t15-,19-/m0/s1. The molecule has 1 amide bonds. The minimum absolute atomic E-state index is 0.0576. The molecule has 1 fully saturated rings. The third kappa shape index (κ3) is 3.98. The van der Waals surface area contributed by atoms with Crippen LogP contribution in [0.2, 0.25) is 0 Å². The highest BCUT2D eigenvalue weighted by Crippen LogP contribution is 2.40. The molecule has 0 saturated carbocycles. The minimum Gasteiger partial charge on any atom is -0.497 e. The number of rotatable bonds is 6. The third-order valence-electron chi connectivity index (χ3n) is 4.74. The molecule has 1 heterocycles. The maximum absolute atomic E-state index is 13.1. The first-order chi connectivity index (χ1) is 12.6. The summed E-state index contributed by atoms with van der Waals surface area (Å²) in [7, 11) is 3.30. The minimum atomic E-state index is -0.123. The summed E-state index contributed by atoms with van der Waals surface area (Å²) in [4.78, 5) is 16.2. The van der Waals surface area contributed by atoms with Gasteiger partial charge in [0.2, 0.25) is 5.91 Å². The molecule has 2 aromatic carbocycles. The van der Waals surface area contributed by atoms with E-state index in [2.05, 4.69) is 0 Å². The number of methoxy groups -OCH3 is 2. The van der Waals surface area contributed by atoms with Crippen LogP contribution in [0.25, 0.3) is 0 Å². The third-order valence-corrected chi connectivity index (χ3v) is 5.84. The van der Waals surface area contributed by atoms with Crippen LogP contribution >= 0.6 is 11.8 Å². The van der Waals surface area contributed by atoms with Gasteiger partial charge in [-0.05, 0) is 44.0 Å². The van der Waals surface area contributed by atoms with Crippen LogP contribution in [0, 0.1) is 0 Å². The summed E-state index contributed by atoms with van der Waals surface area (Å²) in [5, 5.41) is -0.123. The van der Waals surface area contributed by atoms with Crippen molar-refractivity contribution in [3.8, 4) is 11.5 Å². The number of amides is 1. The van der Waals surface area contributed by atoms with Gasteiger partial charge in [-0.2, -0.15) is 0 Å². The summed E-state index contributed by atoms with van der Waals surface area (Å²) in [5.74, 6) is 1.71. The summed E-state index contributed by atoms with van der Waals surface area (Å²) >= 11 is 1.61. The average Bonchev–Trinajstić information content (AvgIpc) is 3.17. The van der Waals surface area contributed by atoms with Gasteiger partial charge in [0.25, 0.3) is 0 Å². The SMILES string of the molecule is COc1ccc([C@@H]2CCCN2C(=O)[C@H](C)Sc2ccccc2)c(OC)c1. The first-order valence-corrected chi connectivity index (χ1v) is 9.76. The van der Waals surface area contributed by atoms with Crippen LogP contribution in [-0.4, -0.2) is 36.8 Å². The molecule has 0 radical (unpaired) electrons. The van der Waals surface area contributed by atoms with Crippen molar-refractivity contribution >= 4 is 17.7 Å². The molecular weight excluding hydrogens is 346 g/mol. The fourth-order valence-electron chi connectivity index (χ4n) is 3.43. The maximum Gasteiger partial charge on any atom is 0.236 e. The molecule has 2 atom stereocenters. The first-order valence-electron chi connectivity index (χ1n) is 8.88. The van der Waals surface area contributed by atoms with Crippen molar-refractivity contribution in [2.45, 2.75) is 36.0 Å². The van der Waals surface area contributed by atoms with Gasteiger partial charge in [0.05, 0.1) is 25.5 Å². The van der Waals surface area contributed by atoms with Crippen molar-refractivity contribution in [1.29, 1.82) is 0 Å². The topological polar surface area (TPSA) is 38.8 Å². The number of thioether (sulfide) groups is 1. The summed E-state index contributed by atoms with van der Waals surface area (Å²) in [6.45, 7) is 2.78. The molecule has 26 heavy (non-hydrogen) atoms. The Balaban J connectivity index is 1.78. The van der Waals surface area contributed by atoms with Gasteiger partial charge in [-0.3, -0.25) is 4.79 Å². The second kappa shape index (κ2) is 8.49. The Hall–Kier alpha value is -2.14. The molecule has 0 aromatic heterocycles. The van der Waals surface area contributed by atoms with Crippen LogP contribution in [0.15, 0.2) is 53.4 Å². The summed E-state index contributed by atoms with van der Waals surface area (Å²) < 4.78 is 10.9. The molecule has 0 spiro atoms. The number of hydrogen-bond acceptors (Lipinski definition) is 4. The van der Waals surface area contributed by atoms with Crippen LogP contribution < -0.4 is 9.47 Å². The zero-order chi connectivity index (χ0) is 18.5. The van der Waals surface area contributed by atoms with Crippen LogP contribution in [0.3, 0.4) is 0 Å². The van der Waals surface area contributed by atoms with Crippen LogP contribution in [0.5, 0.6) is 11.5 Å². The van der Waals surface area contributed by atoms with Gasteiger partial charge in [0, 0.05) is 23.1 Å². The number of hydrogen-bond donors (Lipinski definition) is 0. The molecule has 1 aliphatic rings. The van der Waals surface area contributed by atoms with Crippen LogP contribution in [0.4, 0.5) is 0 Å². The van der Waals surface area contributed by atoms with E-state index in [0.717, 1.165) is 41.3 Å². The lowest BCUT2D eigenvalue weighted by molar-refractivity contribution is -0.131. The normalized spacial score (nSPS) is 17.8. The molecule has 0 bridgehead atoms. The van der Waals surface area contributed by atoms with Gasteiger partial charge < -0.3 is 14.4 Å². The molecule has 0 unspecified atom stereocenters. The van der Waals surface area contributed by atoms with Crippen molar-refractivity contribution in [3.05, 3.63) is 54.1 Å². The van der Waals surface area contributed by atoms with Crippen LogP contribution in [-0.2, 0) is 4.79 Å². The van der Waals surface area contributed by atoms with Crippen LogP contribution in [0.1, 0.15) is 31.4 Å². The highest BCUT2D eigenvalue weighted by molar-refractivity contribution is 8.00. The smallest absolute Gasteiger partial charge is 0.236 e. The molecule has 5 heteroatoms. The first kappa shape index (κ1) is 18.6. The lowest BCUT2D eigenvalue weighted by Gasteiger charge is -2.28. The Morgan fingerprint density at radius 3 is 2.62 bits per heavy atom. The Morgan fingerprint density at radius 1 is 1.15 bits per heavy atom. The lowest BCUT2D eigenvalue weighted by atomic mass is 10.0. The van der Waals surface area contributed by atoms with Gasteiger partial charge in [-0.1, -0.05) is 18.2 Å². The van der Waals surface area contributed by atoms with E-state index < -0.39 is 0 Å². The average molecular weight is 372 g/mol. The summed E-state index contributed by atoms with van der Waals surface area (Å²) in [6, 6.07) is 16.0. The molecule has 138 valence electrons. The number of carbonyl (C=O) groups is 1. The molecule has 0 aliphatic carbocycles. The predicted octanol–water partition coefficient (Wildman–Crippen LogP) is 4.55. The monoisotopic (exact) mass is 371 g/mol. The molecule has 3 rings (SSSR count). The predicted molar refractivity (Wildman–Crippen MR) is 105 cm³/mol. The molecular formula is C21H25NO3S. The van der Waals surface area contributed by atoms with Gasteiger partial charge in [0.15, 0.2) is 0 Å². The Bertz CT molecular complexity index is 750. The Labute approximate surface area is 159 Å². The van der Waals surface area contributed by atoms with Crippen molar-refractivity contribution in [2.75, 3.05) is 20.8 Å². The second-order valence-corrected chi connectivity index (χ2v) is 7.78. The van der Waals surface area contributed by atoms with Crippen molar-refractivity contribution in [3.63, 3.8) is 0 Å². The number of ether oxygens (including phenoxy) is 2. The quantitative estimate of drug-likeness (QED) is 0.699. The second-order valence-electron chi connectivity index (χ2n) is 6.37. The number of carbonyl (C=O) groups excluding carboxylic acids is 1. The maximum atomic E-state index is 13.1. The fraction of sp³-hybridized carbons (Fsp3) is 0.381. The van der Waals surface area contributed by atoms with Gasteiger partial charge >= 0.3 is 0 Å². The lowest BCUT2D eigenvalue weighted by Crippen LogP contribution is -2.36.